The minimum absolute atomic E-state index is 0.360. The van der Waals surface area contributed by atoms with E-state index in [1.165, 1.54) is 276 Å². The Morgan fingerprint density at radius 3 is 0.655 bits per heavy atom. The van der Waals surface area contributed by atoms with Crippen LogP contribution < -0.4 is 0 Å². The number of aliphatic carboxylic acids is 1. The number of carboxylic acid groups (broad SMARTS) is 1. The quantitative estimate of drug-likeness (QED) is 0.0621. The van der Waals surface area contributed by atoms with E-state index in [2.05, 4.69) is 27.7 Å². The standard InChI is InChI=1S/C56H112O2/c1-5-9-13-17-21-24-27-29-30-31-33-35-38-41-45-49-53-56(55(57)58,52-48-44-40-37-26-23-19-15-11-7-3)54(50-46-42-20-16-12-8-4)51-47-43-39-36-34-32-28-25-22-18-14-10-6-2/h54H,5-53H2,1-4H3,(H,57,58). The number of hydrogen-bond donors (Lipinski definition) is 1. The molecule has 1 N–H and O–H groups in total. The van der Waals surface area contributed by atoms with Crippen LogP contribution in [0.3, 0.4) is 0 Å². The number of rotatable bonds is 51. The predicted octanol–water partition coefficient (Wildman–Crippen LogP) is 20.9. The van der Waals surface area contributed by atoms with E-state index in [0.717, 1.165) is 38.5 Å². The lowest BCUT2D eigenvalue weighted by Gasteiger charge is -2.38. The molecule has 2 nitrogen and oxygen atoms in total. The van der Waals surface area contributed by atoms with Crippen molar-refractivity contribution in [2.45, 2.75) is 342 Å². The molecule has 2 heteroatoms. The van der Waals surface area contributed by atoms with Gasteiger partial charge in [-0.2, -0.15) is 0 Å². The molecule has 0 saturated carbocycles. The maximum absolute atomic E-state index is 13.7. The van der Waals surface area contributed by atoms with E-state index >= 15 is 0 Å². The summed E-state index contributed by atoms with van der Waals surface area (Å²) in [6, 6.07) is 0. The fraction of sp³-hybridized carbons (Fsp3) is 0.982. The number of hydrogen-bond acceptors (Lipinski definition) is 1. The summed E-state index contributed by atoms with van der Waals surface area (Å²) >= 11 is 0. The van der Waals surface area contributed by atoms with Crippen molar-refractivity contribution in [3.8, 4) is 0 Å². The van der Waals surface area contributed by atoms with Gasteiger partial charge in [0, 0.05) is 0 Å². The first kappa shape index (κ1) is 57.5. The van der Waals surface area contributed by atoms with Gasteiger partial charge in [0.15, 0.2) is 0 Å². The fourth-order valence-electron chi connectivity index (χ4n) is 10.1. The van der Waals surface area contributed by atoms with Crippen LogP contribution in [-0.2, 0) is 4.79 Å². The van der Waals surface area contributed by atoms with Crippen LogP contribution in [0.25, 0.3) is 0 Å². The molecular weight excluding hydrogens is 705 g/mol. The molecule has 0 aliphatic heterocycles. The molecule has 0 aromatic rings. The highest BCUT2D eigenvalue weighted by Crippen LogP contribution is 2.45. The largest absolute Gasteiger partial charge is 0.481 e. The Bertz CT molecular complexity index is 777. The van der Waals surface area contributed by atoms with E-state index in [4.69, 9.17) is 0 Å². The molecule has 0 aliphatic rings. The zero-order valence-electron chi connectivity index (χ0n) is 41.1. The van der Waals surface area contributed by atoms with Crippen molar-refractivity contribution in [2.75, 3.05) is 0 Å². The van der Waals surface area contributed by atoms with Crippen LogP contribution >= 0.6 is 0 Å². The lowest BCUT2D eigenvalue weighted by atomic mass is 9.65. The van der Waals surface area contributed by atoms with Crippen molar-refractivity contribution in [2.24, 2.45) is 11.3 Å². The summed E-state index contributed by atoms with van der Waals surface area (Å²) in [6.07, 6.45) is 65.2. The Balaban J connectivity index is 5.08. The third kappa shape index (κ3) is 37.2. The van der Waals surface area contributed by atoms with E-state index in [1.54, 1.807) is 0 Å². The molecule has 0 fully saturated rings. The molecule has 2 atom stereocenters. The summed E-state index contributed by atoms with van der Waals surface area (Å²) in [6.45, 7) is 9.22. The van der Waals surface area contributed by atoms with Gasteiger partial charge in [-0.3, -0.25) is 4.79 Å². The summed E-state index contributed by atoms with van der Waals surface area (Å²) in [5, 5.41) is 11.2. The zero-order chi connectivity index (χ0) is 42.3. The molecule has 0 saturated heterocycles. The van der Waals surface area contributed by atoms with Crippen molar-refractivity contribution in [1.82, 2.24) is 0 Å². The second-order valence-electron chi connectivity index (χ2n) is 19.7. The maximum Gasteiger partial charge on any atom is 0.309 e. The SMILES string of the molecule is CCCCCCCCCCCCCCCCCCC(CCCCCCCCCCCC)(C(=O)O)C(CCCCCCCC)CCCCCCCCCCCCCCC. The first-order valence-electron chi connectivity index (χ1n) is 27.8. The molecular formula is C56H112O2. The van der Waals surface area contributed by atoms with Crippen LogP contribution in [-0.4, -0.2) is 11.1 Å². The number of carboxylic acids is 1. The smallest absolute Gasteiger partial charge is 0.309 e. The van der Waals surface area contributed by atoms with Gasteiger partial charge in [-0.05, 0) is 31.6 Å². The van der Waals surface area contributed by atoms with Crippen molar-refractivity contribution in [3.63, 3.8) is 0 Å². The van der Waals surface area contributed by atoms with Crippen molar-refractivity contribution in [3.05, 3.63) is 0 Å². The Labute approximate surface area is 368 Å². The van der Waals surface area contributed by atoms with Crippen LogP contribution in [0.2, 0.25) is 0 Å². The molecule has 0 heterocycles. The highest BCUT2D eigenvalue weighted by molar-refractivity contribution is 5.75. The van der Waals surface area contributed by atoms with Crippen molar-refractivity contribution in [1.29, 1.82) is 0 Å². The molecule has 0 aliphatic carbocycles. The number of unbranched alkanes of at least 4 members (excludes halogenated alkanes) is 41. The first-order chi connectivity index (χ1) is 28.6. The lowest BCUT2D eigenvalue weighted by molar-refractivity contribution is -0.155. The second-order valence-corrected chi connectivity index (χ2v) is 19.7. The van der Waals surface area contributed by atoms with Crippen LogP contribution in [0.4, 0.5) is 0 Å². The molecule has 58 heavy (non-hydrogen) atoms. The lowest BCUT2D eigenvalue weighted by Crippen LogP contribution is -2.39. The van der Waals surface area contributed by atoms with Gasteiger partial charge in [0.05, 0.1) is 5.41 Å². The Morgan fingerprint density at radius 2 is 0.466 bits per heavy atom. The zero-order valence-corrected chi connectivity index (χ0v) is 41.1. The maximum atomic E-state index is 13.7. The van der Waals surface area contributed by atoms with E-state index in [-0.39, 0.29) is 0 Å². The summed E-state index contributed by atoms with van der Waals surface area (Å²) in [5.74, 6) is -0.0751. The highest BCUT2D eigenvalue weighted by Gasteiger charge is 2.43. The topological polar surface area (TPSA) is 37.3 Å². The monoisotopic (exact) mass is 817 g/mol. The molecule has 2 unspecified atom stereocenters. The molecule has 0 aromatic carbocycles. The molecule has 0 rings (SSSR count). The van der Waals surface area contributed by atoms with Gasteiger partial charge in [0.2, 0.25) is 0 Å². The average molecular weight is 818 g/mol. The summed E-state index contributed by atoms with van der Waals surface area (Å²) in [4.78, 5) is 13.7. The van der Waals surface area contributed by atoms with Gasteiger partial charge >= 0.3 is 5.97 Å². The van der Waals surface area contributed by atoms with Crippen molar-refractivity contribution < 1.29 is 9.90 Å². The molecule has 0 aromatic heterocycles. The Kier molecular flexibility index (Phi) is 47.1. The summed E-state index contributed by atoms with van der Waals surface area (Å²) < 4.78 is 0. The van der Waals surface area contributed by atoms with Crippen LogP contribution in [0.15, 0.2) is 0 Å². The third-order valence-corrected chi connectivity index (χ3v) is 14.2. The molecule has 0 spiro atoms. The first-order valence-corrected chi connectivity index (χ1v) is 27.8. The Hall–Kier alpha value is -0.530. The third-order valence-electron chi connectivity index (χ3n) is 14.2. The van der Waals surface area contributed by atoms with Crippen molar-refractivity contribution >= 4 is 5.97 Å². The predicted molar refractivity (Wildman–Crippen MR) is 262 cm³/mol. The summed E-state index contributed by atoms with van der Waals surface area (Å²) in [5.41, 5.74) is -0.503. The van der Waals surface area contributed by atoms with E-state index in [0.29, 0.717) is 5.92 Å². The minimum Gasteiger partial charge on any atom is -0.481 e. The van der Waals surface area contributed by atoms with Gasteiger partial charge < -0.3 is 5.11 Å². The number of carbonyl (C=O) groups is 1. The molecule has 0 amide bonds. The molecule has 0 radical (unpaired) electrons. The molecule has 0 bridgehead atoms. The average Bonchev–Trinajstić information content (AvgIpc) is 3.22. The minimum atomic E-state index is -0.503. The Morgan fingerprint density at radius 1 is 0.293 bits per heavy atom. The van der Waals surface area contributed by atoms with Crippen LogP contribution in [0.5, 0.6) is 0 Å². The van der Waals surface area contributed by atoms with Gasteiger partial charge in [-0.15, -0.1) is 0 Å². The second kappa shape index (κ2) is 47.5. The normalized spacial score (nSPS) is 13.3. The van der Waals surface area contributed by atoms with Gasteiger partial charge in [-0.1, -0.05) is 317 Å². The molecule has 348 valence electrons. The van der Waals surface area contributed by atoms with E-state index < -0.39 is 11.4 Å². The fourth-order valence-corrected chi connectivity index (χ4v) is 10.1. The van der Waals surface area contributed by atoms with Gasteiger partial charge in [0.1, 0.15) is 0 Å². The highest BCUT2D eigenvalue weighted by atomic mass is 16.4. The van der Waals surface area contributed by atoms with Gasteiger partial charge in [-0.25, -0.2) is 0 Å². The van der Waals surface area contributed by atoms with Gasteiger partial charge in [0.25, 0.3) is 0 Å². The van der Waals surface area contributed by atoms with Crippen LogP contribution in [0, 0.1) is 11.3 Å². The van der Waals surface area contributed by atoms with E-state index in [9.17, 15) is 9.90 Å². The van der Waals surface area contributed by atoms with E-state index in [1.807, 2.05) is 0 Å². The van der Waals surface area contributed by atoms with Crippen LogP contribution in [0.1, 0.15) is 342 Å². The summed E-state index contributed by atoms with van der Waals surface area (Å²) in [7, 11) is 0.